The Hall–Kier alpha value is -3.27. The van der Waals surface area contributed by atoms with Gasteiger partial charge in [0.15, 0.2) is 0 Å². The van der Waals surface area contributed by atoms with Crippen molar-refractivity contribution >= 4 is 29.0 Å². The number of H-pyrrole nitrogens is 1. The fraction of sp³-hybridized carbons (Fsp3) is 0.381. The van der Waals surface area contributed by atoms with Crippen molar-refractivity contribution in [1.82, 2.24) is 19.7 Å². The SMILES string of the molecule is CCOC(=O)CCC(=O)Nc1cc(-c2cccs2)nn1-c1nc2c(c(=O)[nH]1)CCCC2. The summed E-state index contributed by atoms with van der Waals surface area (Å²) in [7, 11) is 0. The summed E-state index contributed by atoms with van der Waals surface area (Å²) in [4.78, 5) is 44.9. The quantitative estimate of drug-likeness (QED) is 0.544. The Morgan fingerprint density at radius 2 is 2.13 bits per heavy atom. The number of amides is 1. The van der Waals surface area contributed by atoms with E-state index in [2.05, 4.69) is 20.4 Å². The highest BCUT2D eigenvalue weighted by atomic mass is 32.1. The summed E-state index contributed by atoms with van der Waals surface area (Å²) in [6.45, 7) is 1.99. The Kier molecular flexibility index (Phi) is 6.26. The molecule has 2 N–H and O–H groups in total. The number of carbonyl (C=O) groups excluding carboxylic acids is 2. The lowest BCUT2D eigenvalue weighted by Crippen LogP contribution is -2.25. The number of nitrogens with one attached hydrogen (secondary N) is 2. The van der Waals surface area contributed by atoms with Gasteiger partial charge in [-0.1, -0.05) is 6.07 Å². The van der Waals surface area contributed by atoms with Gasteiger partial charge in [-0.05, 0) is 44.1 Å². The number of ether oxygens (including phenoxy) is 1. The minimum atomic E-state index is -0.425. The molecule has 4 rings (SSSR count). The van der Waals surface area contributed by atoms with E-state index >= 15 is 0 Å². The summed E-state index contributed by atoms with van der Waals surface area (Å²) in [5.41, 5.74) is 1.97. The second-order valence-corrected chi connectivity index (χ2v) is 8.13. The highest BCUT2D eigenvalue weighted by Crippen LogP contribution is 2.28. The Morgan fingerprint density at radius 1 is 1.29 bits per heavy atom. The van der Waals surface area contributed by atoms with Gasteiger partial charge in [0.2, 0.25) is 11.9 Å². The first kappa shape index (κ1) is 21.0. The van der Waals surface area contributed by atoms with Crippen LogP contribution in [0.2, 0.25) is 0 Å². The molecule has 3 aromatic heterocycles. The first-order valence-electron chi connectivity index (χ1n) is 10.3. The zero-order chi connectivity index (χ0) is 21.8. The van der Waals surface area contributed by atoms with Gasteiger partial charge >= 0.3 is 5.97 Å². The maximum atomic E-state index is 12.6. The van der Waals surface area contributed by atoms with Crippen molar-refractivity contribution in [3.63, 3.8) is 0 Å². The van der Waals surface area contributed by atoms with Gasteiger partial charge in [-0.25, -0.2) is 4.98 Å². The van der Waals surface area contributed by atoms with E-state index in [1.54, 1.807) is 13.0 Å². The molecule has 9 nitrogen and oxygen atoms in total. The lowest BCUT2D eigenvalue weighted by Gasteiger charge is -2.15. The predicted octanol–water partition coefficient (Wildman–Crippen LogP) is 2.84. The lowest BCUT2D eigenvalue weighted by molar-refractivity contribution is -0.144. The Bertz CT molecular complexity index is 1150. The van der Waals surface area contributed by atoms with Crippen LogP contribution in [0.15, 0.2) is 28.4 Å². The number of anilines is 1. The monoisotopic (exact) mass is 441 g/mol. The first-order chi connectivity index (χ1) is 15.0. The molecule has 1 aliphatic rings. The van der Waals surface area contributed by atoms with Crippen LogP contribution in [0.5, 0.6) is 0 Å². The molecule has 0 spiro atoms. The molecule has 0 aliphatic heterocycles. The molecular weight excluding hydrogens is 418 g/mol. The van der Waals surface area contributed by atoms with E-state index < -0.39 is 5.97 Å². The van der Waals surface area contributed by atoms with Crippen LogP contribution in [0.1, 0.15) is 43.9 Å². The number of esters is 1. The van der Waals surface area contributed by atoms with Crippen LogP contribution in [0.3, 0.4) is 0 Å². The van der Waals surface area contributed by atoms with Gasteiger partial charge in [0.1, 0.15) is 11.5 Å². The van der Waals surface area contributed by atoms with Gasteiger partial charge < -0.3 is 10.1 Å². The summed E-state index contributed by atoms with van der Waals surface area (Å²) in [6.07, 6.45) is 3.39. The van der Waals surface area contributed by atoms with E-state index in [1.165, 1.54) is 16.0 Å². The Labute approximate surface area is 182 Å². The Balaban J connectivity index is 1.65. The molecule has 0 saturated heterocycles. The highest BCUT2D eigenvalue weighted by Gasteiger charge is 2.20. The zero-order valence-corrected chi connectivity index (χ0v) is 18.0. The van der Waals surface area contributed by atoms with Crippen molar-refractivity contribution in [2.24, 2.45) is 0 Å². The summed E-state index contributed by atoms with van der Waals surface area (Å²) in [5, 5.41) is 9.30. The molecule has 0 fully saturated rings. The molecule has 31 heavy (non-hydrogen) atoms. The number of carbonyl (C=O) groups is 2. The number of hydrogen-bond acceptors (Lipinski definition) is 7. The molecule has 0 saturated carbocycles. The molecule has 0 unspecified atom stereocenters. The van der Waals surface area contributed by atoms with Crippen LogP contribution in [0.4, 0.5) is 5.82 Å². The second-order valence-electron chi connectivity index (χ2n) is 7.18. The number of thiophene rings is 1. The zero-order valence-electron chi connectivity index (χ0n) is 17.1. The third-order valence-electron chi connectivity index (χ3n) is 4.99. The van der Waals surface area contributed by atoms with Gasteiger partial charge in [0.05, 0.1) is 23.6 Å². The number of aromatic nitrogens is 4. The van der Waals surface area contributed by atoms with Crippen molar-refractivity contribution in [1.29, 1.82) is 0 Å². The highest BCUT2D eigenvalue weighted by molar-refractivity contribution is 7.13. The van der Waals surface area contributed by atoms with Gasteiger partial charge in [0.25, 0.3) is 5.56 Å². The van der Waals surface area contributed by atoms with E-state index in [9.17, 15) is 14.4 Å². The maximum absolute atomic E-state index is 12.6. The van der Waals surface area contributed by atoms with Crippen LogP contribution >= 0.6 is 11.3 Å². The van der Waals surface area contributed by atoms with E-state index in [1.807, 2.05) is 17.5 Å². The maximum Gasteiger partial charge on any atom is 0.306 e. The number of aryl methyl sites for hydroxylation is 1. The smallest absolute Gasteiger partial charge is 0.306 e. The molecule has 3 heterocycles. The van der Waals surface area contributed by atoms with Gasteiger partial charge in [-0.15, -0.1) is 11.3 Å². The molecule has 0 bridgehead atoms. The topological polar surface area (TPSA) is 119 Å². The van der Waals surface area contributed by atoms with Gasteiger partial charge in [-0.2, -0.15) is 9.78 Å². The standard InChI is InChI=1S/C21H23N5O4S/c1-2-30-19(28)10-9-18(27)23-17-12-15(16-8-5-11-31-16)25-26(17)21-22-14-7-4-3-6-13(14)20(29)24-21/h5,8,11-12H,2-4,6-7,9-10H2,1H3,(H,23,27)(H,22,24,29). The number of rotatable bonds is 7. The van der Waals surface area contributed by atoms with Crippen LogP contribution in [0.25, 0.3) is 16.5 Å². The van der Waals surface area contributed by atoms with Crippen molar-refractivity contribution < 1.29 is 14.3 Å². The molecule has 0 atom stereocenters. The molecule has 1 amide bonds. The summed E-state index contributed by atoms with van der Waals surface area (Å²) in [5.74, 6) is -0.149. The molecule has 0 aromatic carbocycles. The second kappa shape index (κ2) is 9.25. The summed E-state index contributed by atoms with van der Waals surface area (Å²) >= 11 is 1.52. The molecule has 162 valence electrons. The molecular formula is C21H23N5O4S. The van der Waals surface area contributed by atoms with Crippen LogP contribution in [0, 0.1) is 0 Å². The van der Waals surface area contributed by atoms with E-state index in [0.717, 1.165) is 41.8 Å². The van der Waals surface area contributed by atoms with Crippen LogP contribution in [-0.2, 0) is 27.2 Å². The number of fused-ring (bicyclic) bond motifs is 1. The fourth-order valence-electron chi connectivity index (χ4n) is 3.52. The van der Waals surface area contributed by atoms with E-state index in [-0.39, 0.29) is 36.9 Å². The van der Waals surface area contributed by atoms with Crippen LogP contribution < -0.4 is 10.9 Å². The minimum absolute atomic E-state index is 0.0144. The minimum Gasteiger partial charge on any atom is -0.466 e. The fourth-order valence-corrected chi connectivity index (χ4v) is 4.20. The van der Waals surface area contributed by atoms with Gasteiger partial charge in [0, 0.05) is 18.1 Å². The lowest BCUT2D eigenvalue weighted by atomic mass is 9.97. The largest absolute Gasteiger partial charge is 0.466 e. The molecule has 3 aromatic rings. The molecule has 1 aliphatic carbocycles. The average Bonchev–Trinajstić information content (AvgIpc) is 3.42. The normalized spacial score (nSPS) is 12.9. The van der Waals surface area contributed by atoms with Crippen LogP contribution in [-0.4, -0.2) is 38.2 Å². The van der Waals surface area contributed by atoms with E-state index in [0.29, 0.717) is 11.5 Å². The molecule has 0 radical (unpaired) electrons. The number of aromatic amines is 1. The third-order valence-corrected chi connectivity index (χ3v) is 5.88. The average molecular weight is 442 g/mol. The van der Waals surface area contributed by atoms with Crippen molar-refractivity contribution in [2.75, 3.05) is 11.9 Å². The van der Waals surface area contributed by atoms with Crippen molar-refractivity contribution in [2.45, 2.75) is 45.4 Å². The first-order valence-corrected chi connectivity index (χ1v) is 11.1. The summed E-state index contributed by atoms with van der Waals surface area (Å²) in [6, 6.07) is 5.57. The van der Waals surface area contributed by atoms with Crippen molar-refractivity contribution in [3.8, 4) is 16.5 Å². The van der Waals surface area contributed by atoms with Gasteiger partial charge in [-0.3, -0.25) is 19.4 Å². The predicted molar refractivity (Wildman–Crippen MR) is 116 cm³/mol. The van der Waals surface area contributed by atoms with E-state index in [4.69, 9.17) is 4.74 Å². The number of nitrogens with zero attached hydrogens (tertiary/aromatic N) is 3. The van der Waals surface area contributed by atoms with Crippen molar-refractivity contribution in [3.05, 3.63) is 45.2 Å². The molecule has 10 heteroatoms. The number of hydrogen-bond donors (Lipinski definition) is 2. The summed E-state index contributed by atoms with van der Waals surface area (Å²) < 4.78 is 6.31. The third kappa shape index (κ3) is 4.74. The Morgan fingerprint density at radius 3 is 2.90 bits per heavy atom.